The van der Waals surface area contributed by atoms with Crippen molar-refractivity contribution >= 4 is 37.2 Å². The zero-order chi connectivity index (χ0) is 32.4. The molecule has 1 fully saturated rings. The molecular weight excluding hydrogens is 648 g/mol. The molecule has 1 aromatic carbocycles. The Labute approximate surface area is 263 Å². The highest BCUT2D eigenvalue weighted by Gasteiger charge is 2.41. The average molecular weight is 684 g/mol. The standard InChI is InChI=1S/C26H36Cl2N3O12P/c1-6-38-22(39-7-2)8-9-40-44(35,37-5)41-14-20-18(11-21(42-20)31-13-15(3)25(33)30-26(31)34)43-29-12-16-17(27)10-19(36-4)24(32)23(16)28/h10,12-13,18,20-22,32H,6-9,11,14H2,1-5H3,(H,30,33,34)/b29-12+/t18-,20-,21-,44?/m1/s1. The summed E-state index contributed by atoms with van der Waals surface area (Å²) in [6.07, 6.45) is -0.421. The predicted octanol–water partition coefficient (Wildman–Crippen LogP) is 4.15. The number of aryl methyl sites for hydroxylation is 1. The number of phosphoric acid groups is 1. The van der Waals surface area contributed by atoms with Crippen LogP contribution in [0.5, 0.6) is 11.5 Å². The fourth-order valence-corrected chi connectivity index (χ4v) is 5.60. The van der Waals surface area contributed by atoms with Crippen LogP contribution >= 0.6 is 31.0 Å². The van der Waals surface area contributed by atoms with Gasteiger partial charge in [0.15, 0.2) is 23.9 Å². The Morgan fingerprint density at radius 3 is 2.57 bits per heavy atom. The van der Waals surface area contributed by atoms with Gasteiger partial charge in [-0.05, 0) is 20.8 Å². The Morgan fingerprint density at radius 1 is 1.23 bits per heavy atom. The first-order valence-corrected chi connectivity index (χ1v) is 15.8. The smallest absolute Gasteiger partial charge is 0.474 e. The van der Waals surface area contributed by atoms with Crippen molar-refractivity contribution in [3.63, 3.8) is 0 Å². The number of hydrogen-bond donors (Lipinski definition) is 2. The van der Waals surface area contributed by atoms with Gasteiger partial charge in [-0.15, -0.1) is 0 Å². The lowest BCUT2D eigenvalue weighted by atomic mass is 10.2. The summed E-state index contributed by atoms with van der Waals surface area (Å²) < 4.78 is 52.3. The predicted molar refractivity (Wildman–Crippen MR) is 160 cm³/mol. The van der Waals surface area contributed by atoms with Crippen molar-refractivity contribution in [3.05, 3.63) is 54.3 Å². The number of nitrogens with zero attached hydrogens (tertiary/aromatic N) is 2. The van der Waals surface area contributed by atoms with Gasteiger partial charge in [-0.3, -0.25) is 27.9 Å². The Morgan fingerprint density at radius 2 is 1.93 bits per heavy atom. The van der Waals surface area contributed by atoms with Gasteiger partial charge in [0.25, 0.3) is 5.56 Å². The summed E-state index contributed by atoms with van der Waals surface area (Å²) in [4.78, 5) is 32.3. The molecule has 246 valence electrons. The van der Waals surface area contributed by atoms with Crippen LogP contribution in [0.4, 0.5) is 0 Å². The number of aromatic hydroxyl groups is 1. The number of oxime groups is 1. The van der Waals surface area contributed by atoms with Gasteiger partial charge in [0.05, 0.1) is 36.6 Å². The first kappa shape index (κ1) is 36.0. The van der Waals surface area contributed by atoms with Crippen LogP contribution in [0.3, 0.4) is 0 Å². The molecule has 1 saturated heterocycles. The molecule has 0 bridgehead atoms. The Bertz CT molecular complexity index is 1450. The summed E-state index contributed by atoms with van der Waals surface area (Å²) in [7, 11) is -1.55. The van der Waals surface area contributed by atoms with E-state index in [2.05, 4.69) is 10.1 Å². The van der Waals surface area contributed by atoms with E-state index < -0.39 is 43.8 Å². The molecule has 15 nitrogen and oxygen atoms in total. The van der Waals surface area contributed by atoms with E-state index in [1.165, 1.54) is 44.2 Å². The minimum Gasteiger partial charge on any atom is -0.503 e. The van der Waals surface area contributed by atoms with Gasteiger partial charge in [0.2, 0.25) is 0 Å². The molecule has 0 spiro atoms. The van der Waals surface area contributed by atoms with Gasteiger partial charge < -0.3 is 28.9 Å². The highest BCUT2D eigenvalue weighted by atomic mass is 35.5. The molecule has 2 aromatic rings. The van der Waals surface area contributed by atoms with Gasteiger partial charge >= 0.3 is 13.5 Å². The van der Waals surface area contributed by atoms with Crippen molar-refractivity contribution in [2.24, 2.45) is 5.16 Å². The maximum atomic E-state index is 13.2. The first-order valence-electron chi connectivity index (χ1n) is 13.6. The van der Waals surface area contributed by atoms with Crippen LogP contribution in [-0.4, -0.2) is 80.0 Å². The number of benzene rings is 1. The molecule has 4 atom stereocenters. The number of methoxy groups -OCH3 is 1. The van der Waals surface area contributed by atoms with E-state index in [4.69, 9.17) is 60.6 Å². The third-order valence-corrected chi connectivity index (χ3v) is 8.46. The fourth-order valence-electron chi connectivity index (χ4n) is 4.12. The largest absolute Gasteiger partial charge is 0.503 e. The molecule has 1 aliphatic heterocycles. The molecule has 1 aromatic heterocycles. The molecule has 0 radical (unpaired) electrons. The topological polar surface area (TPSA) is 178 Å². The summed E-state index contributed by atoms with van der Waals surface area (Å²) in [5.74, 6) is -0.271. The second-order valence-corrected chi connectivity index (χ2v) is 11.8. The molecule has 44 heavy (non-hydrogen) atoms. The molecule has 2 heterocycles. The number of phenolic OH excluding ortho intramolecular Hbond substituents is 1. The van der Waals surface area contributed by atoms with Gasteiger partial charge in [-0.2, -0.15) is 0 Å². The summed E-state index contributed by atoms with van der Waals surface area (Å²) in [5, 5.41) is 14.2. The molecule has 2 N–H and O–H groups in total. The highest BCUT2D eigenvalue weighted by Crippen LogP contribution is 2.49. The third-order valence-electron chi connectivity index (χ3n) is 6.36. The Balaban J connectivity index is 1.78. The Hall–Kier alpha value is -2.46. The van der Waals surface area contributed by atoms with Gasteiger partial charge in [-0.25, -0.2) is 9.36 Å². The molecule has 1 aliphatic rings. The zero-order valence-corrected chi connectivity index (χ0v) is 27.2. The second kappa shape index (κ2) is 16.7. The van der Waals surface area contributed by atoms with Crippen molar-refractivity contribution in [2.75, 3.05) is 40.6 Å². The molecule has 0 aliphatic carbocycles. The maximum Gasteiger partial charge on any atom is 0.474 e. The second-order valence-electron chi connectivity index (χ2n) is 9.25. The van der Waals surface area contributed by atoms with E-state index in [9.17, 15) is 19.3 Å². The van der Waals surface area contributed by atoms with Crippen molar-refractivity contribution in [1.29, 1.82) is 0 Å². The number of aromatic nitrogens is 2. The highest BCUT2D eigenvalue weighted by molar-refractivity contribution is 7.48. The van der Waals surface area contributed by atoms with Crippen LogP contribution in [0, 0.1) is 6.92 Å². The number of aromatic amines is 1. The van der Waals surface area contributed by atoms with Crippen LogP contribution in [0.1, 0.15) is 44.0 Å². The monoisotopic (exact) mass is 683 g/mol. The summed E-state index contributed by atoms with van der Waals surface area (Å²) in [6.45, 7) is 5.60. The number of ether oxygens (including phenoxy) is 4. The maximum absolute atomic E-state index is 13.2. The Kier molecular flexibility index (Phi) is 13.7. The van der Waals surface area contributed by atoms with E-state index >= 15 is 0 Å². The number of hydrogen-bond acceptors (Lipinski definition) is 13. The lowest BCUT2D eigenvalue weighted by molar-refractivity contribution is -0.143. The number of H-pyrrole nitrogens is 1. The summed E-state index contributed by atoms with van der Waals surface area (Å²) in [6, 6.07) is 1.35. The van der Waals surface area contributed by atoms with E-state index in [-0.39, 0.29) is 58.7 Å². The number of phenols is 1. The summed E-state index contributed by atoms with van der Waals surface area (Å²) >= 11 is 12.5. The average Bonchev–Trinajstić information content (AvgIpc) is 3.40. The number of nitrogens with one attached hydrogen (secondary N) is 1. The van der Waals surface area contributed by atoms with E-state index in [0.29, 0.717) is 13.2 Å². The van der Waals surface area contributed by atoms with Crippen molar-refractivity contribution in [1.82, 2.24) is 9.55 Å². The van der Waals surface area contributed by atoms with Crippen molar-refractivity contribution in [2.45, 2.75) is 58.3 Å². The normalized spacial score (nSPS) is 20.0. The van der Waals surface area contributed by atoms with Crippen LogP contribution in [0.25, 0.3) is 0 Å². The van der Waals surface area contributed by atoms with E-state index in [1.54, 1.807) is 0 Å². The fraction of sp³-hybridized carbons (Fsp3) is 0.577. The van der Waals surface area contributed by atoms with Crippen molar-refractivity contribution < 1.29 is 47.0 Å². The lowest BCUT2D eigenvalue weighted by Gasteiger charge is -2.22. The van der Waals surface area contributed by atoms with E-state index in [1.807, 2.05) is 13.8 Å². The lowest BCUT2D eigenvalue weighted by Crippen LogP contribution is -2.33. The number of halogens is 2. The minimum absolute atomic E-state index is 0.0591. The van der Waals surface area contributed by atoms with Crippen LogP contribution in [-0.2, 0) is 37.2 Å². The van der Waals surface area contributed by atoms with Gasteiger partial charge in [0.1, 0.15) is 12.3 Å². The first-order chi connectivity index (χ1) is 21.0. The van der Waals surface area contributed by atoms with Crippen LogP contribution in [0.2, 0.25) is 10.0 Å². The minimum atomic E-state index is -4.06. The molecule has 0 saturated carbocycles. The quantitative estimate of drug-likeness (QED) is 0.105. The van der Waals surface area contributed by atoms with Crippen LogP contribution < -0.4 is 16.0 Å². The van der Waals surface area contributed by atoms with Gasteiger partial charge in [0, 0.05) is 56.6 Å². The van der Waals surface area contributed by atoms with Crippen molar-refractivity contribution in [3.8, 4) is 11.5 Å². The SMILES string of the molecule is CCOC(CCOP(=O)(OC)OC[C@H]1O[C@@H](n2cc(C)c(=O)[nH]c2=O)C[C@H]1O/N=C/c1c(Cl)cc(OC)c(O)c1Cl)OCC. The van der Waals surface area contributed by atoms with E-state index in [0.717, 1.165) is 0 Å². The number of phosphoric ester groups is 1. The number of rotatable bonds is 17. The molecule has 18 heteroatoms. The summed E-state index contributed by atoms with van der Waals surface area (Å²) in [5.41, 5.74) is -0.809. The molecule has 1 unspecified atom stereocenters. The molecule has 3 rings (SSSR count). The van der Waals surface area contributed by atoms with Gasteiger partial charge in [-0.1, -0.05) is 28.4 Å². The van der Waals surface area contributed by atoms with Crippen LogP contribution in [0.15, 0.2) is 27.0 Å². The zero-order valence-electron chi connectivity index (χ0n) is 24.8. The molecule has 0 amide bonds. The molecular formula is C26H36Cl2N3O12P. The third kappa shape index (κ3) is 9.28.